The van der Waals surface area contributed by atoms with Crippen LogP contribution in [0.25, 0.3) is 0 Å². The summed E-state index contributed by atoms with van der Waals surface area (Å²) in [5, 5.41) is 19.0. The maximum absolute atomic E-state index is 9.97. The molecule has 0 spiro atoms. The predicted molar refractivity (Wildman–Crippen MR) is 52.9 cm³/mol. The highest BCUT2D eigenvalue weighted by Crippen LogP contribution is 2.50. The minimum absolute atomic E-state index is 0.135. The Hall–Kier alpha value is -0.120. The fourth-order valence-electron chi connectivity index (χ4n) is 3.24. The normalized spacial score (nSPS) is 52.3. The predicted octanol–water partition coefficient (Wildman–Crippen LogP) is 1.08. The topological polar surface area (TPSA) is 49.7 Å². The Morgan fingerprint density at radius 1 is 1.43 bits per heavy atom. The second-order valence-electron chi connectivity index (χ2n) is 5.25. The van der Waals surface area contributed by atoms with Crippen molar-refractivity contribution in [2.45, 2.75) is 56.8 Å². The number of aliphatic hydroxyl groups excluding tert-OH is 2. The lowest BCUT2D eigenvalue weighted by atomic mass is 9.65. The highest BCUT2D eigenvalue weighted by molar-refractivity contribution is 5.04. The molecule has 3 fully saturated rings. The molecule has 0 aromatic rings. The van der Waals surface area contributed by atoms with Gasteiger partial charge in [0, 0.05) is 18.9 Å². The number of ether oxygens (including phenoxy) is 1. The minimum Gasteiger partial charge on any atom is -0.396 e. The highest BCUT2D eigenvalue weighted by Gasteiger charge is 2.54. The van der Waals surface area contributed by atoms with Gasteiger partial charge in [-0.2, -0.15) is 0 Å². The lowest BCUT2D eigenvalue weighted by molar-refractivity contribution is -0.274. The van der Waals surface area contributed by atoms with Crippen molar-refractivity contribution in [1.82, 2.24) is 0 Å². The van der Waals surface area contributed by atoms with Crippen molar-refractivity contribution in [2.75, 3.05) is 6.61 Å². The van der Waals surface area contributed by atoms with Gasteiger partial charge in [0.1, 0.15) is 0 Å². The molecule has 0 amide bonds. The van der Waals surface area contributed by atoms with Crippen LogP contribution >= 0.6 is 0 Å². The monoisotopic (exact) mass is 200 g/mol. The average molecular weight is 200 g/mol. The molecular weight excluding hydrogens is 180 g/mol. The van der Waals surface area contributed by atoms with E-state index in [0.717, 1.165) is 19.3 Å². The van der Waals surface area contributed by atoms with Gasteiger partial charge in [-0.15, -0.1) is 0 Å². The summed E-state index contributed by atoms with van der Waals surface area (Å²) in [5.74, 6) is 0.205. The van der Waals surface area contributed by atoms with Crippen LogP contribution in [0.2, 0.25) is 0 Å². The molecule has 4 atom stereocenters. The summed E-state index contributed by atoms with van der Waals surface area (Å²) in [6.45, 7) is 4.23. The van der Waals surface area contributed by atoms with Crippen molar-refractivity contribution in [3.63, 3.8) is 0 Å². The smallest absolute Gasteiger partial charge is 0.0736 e. The minimum atomic E-state index is -0.320. The van der Waals surface area contributed by atoms with Crippen molar-refractivity contribution >= 4 is 0 Å². The van der Waals surface area contributed by atoms with Crippen molar-refractivity contribution in [1.29, 1.82) is 0 Å². The molecule has 3 nitrogen and oxygen atoms in total. The molecule has 2 N–H and O–H groups in total. The third-order valence-electron chi connectivity index (χ3n) is 3.96. The van der Waals surface area contributed by atoms with Crippen molar-refractivity contribution < 1.29 is 14.9 Å². The first-order chi connectivity index (χ1) is 6.49. The van der Waals surface area contributed by atoms with Crippen molar-refractivity contribution in [2.24, 2.45) is 5.92 Å². The van der Waals surface area contributed by atoms with Gasteiger partial charge in [-0.05, 0) is 33.1 Å². The van der Waals surface area contributed by atoms with Crippen LogP contribution in [0.15, 0.2) is 0 Å². The Kier molecular flexibility index (Phi) is 2.37. The van der Waals surface area contributed by atoms with E-state index >= 15 is 0 Å². The molecule has 2 heterocycles. The molecule has 82 valence electrons. The molecule has 1 aliphatic carbocycles. The van der Waals surface area contributed by atoms with Crippen LogP contribution in [0.4, 0.5) is 0 Å². The van der Waals surface area contributed by atoms with E-state index < -0.39 is 0 Å². The Morgan fingerprint density at radius 2 is 2.14 bits per heavy atom. The van der Waals surface area contributed by atoms with E-state index in [4.69, 9.17) is 9.84 Å². The molecule has 0 radical (unpaired) electrons. The zero-order chi connectivity index (χ0) is 10.4. The Morgan fingerprint density at radius 3 is 2.64 bits per heavy atom. The van der Waals surface area contributed by atoms with E-state index in [2.05, 4.69) is 6.92 Å². The van der Waals surface area contributed by atoms with Gasteiger partial charge in [0.05, 0.1) is 17.3 Å². The van der Waals surface area contributed by atoms with Gasteiger partial charge in [-0.25, -0.2) is 0 Å². The third-order valence-corrected chi connectivity index (χ3v) is 3.96. The Labute approximate surface area is 85.1 Å². The number of rotatable bonds is 2. The van der Waals surface area contributed by atoms with Crippen LogP contribution in [0.1, 0.15) is 39.5 Å². The van der Waals surface area contributed by atoms with Gasteiger partial charge in [-0.1, -0.05) is 0 Å². The molecule has 0 unspecified atom stereocenters. The molecule has 0 aromatic heterocycles. The quantitative estimate of drug-likeness (QED) is 0.701. The third kappa shape index (κ3) is 1.47. The molecule has 2 aliphatic heterocycles. The number of hydrogen-bond donors (Lipinski definition) is 2. The van der Waals surface area contributed by atoms with Crippen LogP contribution in [0.5, 0.6) is 0 Å². The number of hydrogen-bond acceptors (Lipinski definition) is 3. The first-order valence-corrected chi connectivity index (χ1v) is 5.48. The summed E-state index contributed by atoms with van der Waals surface area (Å²) in [6, 6.07) is 0. The molecule has 1 saturated carbocycles. The molecule has 2 bridgehead atoms. The van der Waals surface area contributed by atoms with Gasteiger partial charge in [0.2, 0.25) is 0 Å². The van der Waals surface area contributed by atoms with Crippen LogP contribution in [-0.4, -0.2) is 34.1 Å². The molecule has 14 heavy (non-hydrogen) atoms. The van der Waals surface area contributed by atoms with Gasteiger partial charge < -0.3 is 14.9 Å². The van der Waals surface area contributed by atoms with E-state index in [1.165, 1.54) is 0 Å². The molecular formula is C11H20O3. The van der Waals surface area contributed by atoms with Crippen LogP contribution < -0.4 is 0 Å². The summed E-state index contributed by atoms with van der Waals surface area (Å²) in [7, 11) is 0. The fraction of sp³-hybridized carbons (Fsp3) is 1.00. The van der Waals surface area contributed by atoms with Crippen molar-refractivity contribution in [3.05, 3.63) is 0 Å². The van der Waals surface area contributed by atoms with Crippen molar-refractivity contribution in [3.8, 4) is 0 Å². The first-order valence-electron chi connectivity index (χ1n) is 5.48. The summed E-state index contributed by atoms with van der Waals surface area (Å²) < 4.78 is 6.05. The maximum atomic E-state index is 9.97. The zero-order valence-electron chi connectivity index (χ0n) is 8.99. The largest absolute Gasteiger partial charge is 0.396 e. The molecule has 3 heteroatoms. The molecule has 3 rings (SSSR count). The highest BCUT2D eigenvalue weighted by atomic mass is 16.5. The summed E-state index contributed by atoms with van der Waals surface area (Å²) in [5.41, 5.74) is -0.489. The fourth-order valence-corrected chi connectivity index (χ4v) is 3.24. The van der Waals surface area contributed by atoms with E-state index in [0.29, 0.717) is 6.42 Å². The van der Waals surface area contributed by atoms with Crippen LogP contribution in [0, 0.1) is 5.92 Å². The van der Waals surface area contributed by atoms with Gasteiger partial charge in [-0.3, -0.25) is 0 Å². The van der Waals surface area contributed by atoms with Crippen LogP contribution in [0.3, 0.4) is 0 Å². The first kappa shape index (κ1) is 10.4. The Bertz CT molecular complexity index is 231. The van der Waals surface area contributed by atoms with E-state index in [-0.39, 0.29) is 29.8 Å². The maximum Gasteiger partial charge on any atom is 0.0736 e. The molecule has 0 aromatic carbocycles. The molecule has 2 saturated heterocycles. The van der Waals surface area contributed by atoms with Gasteiger partial charge in [0.15, 0.2) is 0 Å². The summed E-state index contributed by atoms with van der Waals surface area (Å²) in [4.78, 5) is 0. The zero-order valence-corrected chi connectivity index (χ0v) is 8.99. The standard InChI is InChI=1S/C11H20O3/c1-10-4-3-8(9(13)7-10)11(2,14-10)5-6-12/h8-9,12-13H,3-7H2,1-2H3/t8-,9-,10+,11+/m1/s1. The Balaban J connectivity index is 2.21. The van der Waals surface area contributed by atoms with Crippen LogP contribution in [-0.2, 0) is 4.74 Å². The lowest BCUT2D eigenvalue weighted by Gasteiger charge is -2.57. The second kappa shape index (κ2) is 3.19. The van der Waals surface area contributed by atoms with E-state index in [1.807, 2.05) is 6.92 Å². The summed E-state index contributed by atoms with van der Waals surface area (Å²) >= 11 is 0. The van der Waals surface area contributed by atoms with Gasteiger partial charge in [0.25, 0.3) is 0 Å². The summed E-state index contributed by atoms with van der Waals surface area (Å²) in [6.07, 6.45) is 3.19. The second-order valence-corrected chi connectivity index (χ2v) is 5.25. The number of fused-ring (bicyclic) bond motifs is 3. The lowest BCUT2D eigenvalue weighted by Crippen LogP contribution is -2.61. The van der Waals surface area contributed by atoms with E-state index in [9.17, 15) is 5.11 Å². The SMILES string of the molecule is C[C@]12CC[C@H]([C@H](O)C1)[C@](C)(CCO)O2. The number of aliphatic hydroxyl groups is 2. The van der Waals surface area contributed by atoms with E-state index in [1.54, 1.807) is 0 Å². The van der Waals surface area contributed by atoms with Gasteiger partial charge >= 0.3 is 0 Å². The average Bonchev–Trinajstić information content (AvgIpc) is 2.00. The molecule has 3 aliphatic rings.